The lowest BCUT2D eigenvalue weighted by molar-refractivity contribution is 0.662. The first-order valence-corrected chi connectivity index (χ1v) is 17.5. The molecule has 1 heteroatoms. The molecule has 1 nitrogen and oxygen atoms in total. The molecule has 0 atom stereocenters. The number of hydrogen-bond donors (Lipinski definition) is 0. The monoisotopic (exact) mass is 636 g/mol. The molecular formula is C49H32O. The second-order valence-corrected chi connectivity index (χ2v) is 14.4. The lowest BCUT2D eigenvalue weighted by Crippen LogP contribution is -2.16. The van der Waals surface area contributed by atoms with Gasteiger partial charge in [-0.2, -0.15) is 0 Å². The minimum Gasteiger partial charge on any atom is -0.456 e. The van der Waals surface area contributed by atoms with E-state index in [-0.39, 0.29) is 5.41 Å². The molecule has 0 amide bonds. The second kappa shape index (κ2) is 9.94. The van der Waals surface area contributed by atoms with E-state index in [2.05, 4.69) is 166 Å². The van der Waals surface area contributed by atoms with E-state index in [1.165, 1.54) is 87.6 Å². The van der Waals surface area contributed by atoms with Crippen LogP contribution in [-0.4, -0.2) is 0 Å². The molecule has 0 radical (unpaired) electrons. The summed E-state index contributed by atoms with van der Waals surface area (Å²) in [5.74, 6) is 0. The third-order valence-corrected chi connectivity index (χ3v) is 11.4. The number of fused-ring (bicyclic) bond motifs is 12. The van der Waals surface area contributed by atoms with Crippen molar-refractivity contribution in [3.05, 3.63) is 169 Å². The topological polar surface area (TPSA) is 13.1 Å². The second-order valence-electron chi connectivity index (χ2n) is 14.4. The fourth-order valence-electron chi connectivity index (χ4n) is 9.10. The van der Waals surface area contributed by atoms with E-state index in [0.717, 1.165) is 21.9 Å². The Hall–Kier alpha value is -6.18. The summed E-state index contributed by atoms with van der Waals surface area (Å²) in [6.07, 6.45) is 0. The van der Waals surface area contributed by atoms with Crippen molar-refractivity contribution < 1.29 is 4.42 Å². The van der Waals surface area contributed by atoms with Crippen molar-refractivity contribution in [1.29, 1.82) is 0 Å². The smallest absolute Gasteiger partial charge is 0.135 e. The van der Waals surface area contributed by atoms with Gasteiger partial charge in [-0.05, 0) is 124 Å². The van der Waals surface area contributed by atoms with Gasteiger partial charge in [-0.15, -0.1) is 0 Å². The number of para-hydroxylation sites is 1. The third-order valence-electron chi connectivity index (χ3n) is 11.4. The lowest BCUT2D eigenvalue weighted by Gasteiger charge is -2.26. The van der Waals surface area contributed by atoms with Crippen LogP contribution in [0.4, 0.5) is 0 Å². The van der Waals surface area contributed by atoms with Gasteiger partial charge in [-0.3, -0.25) is 0 Å². The van der Waals surface area contributed by atoms with Gasteiger partial charge in [0, 0.05) is 16.2 Å². The summed E-state index contributed by atoms with van der Waals surface area (Å²) in [6, 6.07) is 58.3. The predicted octanol–water partition coefficient (Wildman–Crippen LogP) is 13.8. The van der Waals surface area contributed by atoms with Crippen molar-refractivity contribution in [3.8, 4) is 33.4 Å². The number of rotatable bonds is 2. The van der Waals surface area contributed by atoms with Gasteiger partial charge in [-0.1, -0.05) is 135 Å². The normalized spacial score (nSPS) is 13.6. The molecule has 9 aromatic carbocycles. The van der Waals surface area contributed by atoms with Gasteiger partial charge in [0.25, 0.3) is 0 Å². The predicted molar refractivity (Wildman–Crippen MR) is 212 cm³/mol. The van der Waals surface area contributed by atoms with E-state index < -0.39 is 0 Å². The number of furan rings is 1. The summed E-state index contributed by atoms with van der Waals surface area (Å²) in [4.78, 5) is 0. The molecule has 0 spiro atoms. The molecule has 234 valence electrons. The molecule has 0 saturated heterocycles. The Labute approximate surface area is 290 Å². The first-order valence-electron chi connectivity index (χ1n) is 17.5. The van der Waals surface area contributed by atoms with Crippen molar-refractivity contribution in [1.82, 2.24) is 0 Å². The molecule has 50 heavy (non-hydrogen) atoms. The third kappa shape index (κ3) is 3.72. The highest BCUT2D eigenvalue weighted by Crippen LogP contribution is 2.56. The zero-order chi connectivity index (χ0) is 33.1. The molecule has 11 rings (SSSR count). The van der Waals surface area contributed by atoms with Crippen LogP contribution in [0, 0.1) is 0 Å². The van der Waals surface area contributed by atoms with Crippen LogP contribution in [0.15, 0.2) is 162 Å². The first kappa shape index (κ1) is 27.7. The summed E-state index contributed by atoms with van der Waals surface area (Å²) in [5.41, 5.74) is 12.2. The van der Waals surface area contributed by atoms with Crippen molar-refractivity contribution in [2.45, 2.75) is 19.3 Å². The zero-order valence-electron chi connectivity index (χ0n) is 27.9. The fraction of sp³-hybridized carbons (Fsp3) is 0.0612. The molecule has 0 saturated carbocycles. The lowest BCUT2D eigenvalue weighted by atomic mass is 9.77. The highest BCUT2D eigenvalue weighted by atomic mass is 16.3. The van der Waals surface area contributed by atoms with E-state index in [4.69, 9.17) is 4.42 Å². The highest BCUT2D eigenvalue weighted by Gasteiger charge is 2.39. The molecule has 0 aliphatic heterocycles. The van der Waals surface area contributed by atoms with Crippen LogP contribution < -0.4 is 0 Å². The van der Waals surface area contributed by atoms with Gasteiger partial charge in [-0.25, -0.2) is 0 Å². The van der Waals surface area contributed by atoms with Crippen LogP contribution >= 0.6 is 0 Å². The summed E-state index contributed by atoms with van der Waals surface area (Å²) in [6.45, 7) is 4.83. The average Bonchev–Trinajstić information content (AvgIpc) is 3.65. The van der Waals surface area contributed by atoms with Crippen LogP contribution in [0.2, 0.25) is 0 Å². The molecule has 0 N–H and O–H groups in total. The van der Waals surface area contributed by atoms with Crippen molar-refractivity contribution in [3.63, 3.8) is 0 Å². The molecule has 0 fully saturated rings. The molecule has 1 aliphatic rings. The molecular weight excluding hydrogens is 605 g/mol. The minimum atomic E-state index is -0.236. The van der Waals surface area contributed by atoms with Gasteiger partial charge in [0.05, 0.1) is 0 Å². The Morgan fingerprint density at radius 3 is 1.84 bits per heavy atom. The standard InChI is InChI=1S/C49H32O/c1-49(2)43-28-33(46-35-15-7-4-13-31(35)26-41-34-14-6-3-11-29(34)19-22-38(41)46)20-23-39(43)47-36-16-8-5-12-30(36)25-40(48(47)49)32-21-24-45-42(27-32)37-17-9-10-18-44(37)50-45/h3-28H,1-2H3. The molecule has 0 unspecified atom stereocenters. The summed E-state index contributed by atoms with van der Waals surface area (Å²) in [5, 5.41) is 12.6. The Morgan fingerprint density at radius 1 is 0.380 bits per heavy atom. The van der Waals surface area contributed by atoms with Crippen molar-refractivity contribution >= 4 is 65.0 Å². The van der Waals surface area contributed by atoms with Gasteiger partial charge in [0.1, 0.15) is 11.2 Å². The van der Waals surface area contributed by atoms with Gasteiger partial charge in [0.15, 0.2) is 0 Å². The summed E-state index contributed by atoms with van der Waals surface area (Å²) in [7, 11) is 0. The van der Waals surface area contributed by atoms with Gasteiger partial charge >= 0.3 is 0 Å². The zero-order valence-corrected chi connectivity index (χ0v) is 27.9. The Bertz CT molecular complexity index is 3060. The molecule has 1 aliphatic carbocycles. The maximum atomic E-state index is 6.24. The Kier molecular flexibility index (Phi) is 5.51. The maximum absolute atomic E-state index is 6.24. The largest absolute Gasteiger partial charge is 0.456 e. The van der Waals surface area contributed by atoms with E-state index in [1.54, 1.807) is 0 Å². The highest BCUT2D eigenvalue weighted by molar-refractivity contribution is 6.20. The van der Waals surface area contributed by atoms with E-state index in [0.29, 0.717) is 0 Å². The van der Waals surface area contributed by atoms with E-state index in [1.807, 2.05) is 6.07 Å². The summed E-state index contributed by atoms with van der Waals surface area (Å²) >= 11 is 0. The molecule has 1 aromatic heterocycles. The number of hydrogen-bond acceptors (Lipinski definition) is 1. The van der Waals surface area contributed by atoms with Gasteiger partial charge in [0.2, 0.25) is 0 Å². The molecule has 0 bridgehead atoms. The van der Waals surface area contributed by atoms with Crippen LogP contribution in [0.1, 0.15) is 25.0 Å². The fourth-order valence-corrected chi connectivity index (χ4v) is 9.10. The van der Waals surface area contributed by atoms with Crippen LogP contribution in [0.5, 0.6) is 0 Å². The van der Waals surface area contributed by atoms with Crippen molar-refractivity contribution in [2.75, 3.05) is 0 Å². The minimum absolute atomic E-state index is 0.236. The summed E-state index contributed by atoms with van der Waals surface area (Å²) < 4.78 is 6.24. The Balaban J connectivity index is 1.19. The van der Waals surface area contributed by atoms with Crippen LogP contribution in [-0.2, 0) is 5.41 Å². The van der Waals surface area contributed by atoms with Crippen LogP contribution in [0.25, 0.3) is 98.4 Å². The average molecular weight is 637 g/mol. The Morgan fingerprint density at radius 2 is 1.02 bits per heavy atom. The van der Waals surface area contributed by atoms with E-state index in [9.17, 15) is 0 Å². The molecule has 1 heterocycles. The SMILES string of the molecule is CC1(C)c2cc(-c3c4ccccc4cc4c3ccc3ccccc34)ccc2-c2c1c(-c1ccc3oc4ccccc4c3c1)cc1ccccc21. The van der Waals surface area contributed by atoms with E-state index >= 15 is 0 Å². The maximum Gasteiger partial charge on any atom is 0.135 e. The van der Waals surface area contributed by atoms with Crippen LogP contribution in [0.3, 0.4) is 0 Å². The first-order chi connectivity index (χ1) is 24.5. The van der Waals surface area contributed by atoms with Gasteiger partial charge < -0.3 is 4.42 Å². The number of benzene rings is 9. The molecule has 10 aromatic rings. The van der Waals surface area contributed by atoms with Crippen molar-refractivity contribution in [2.24, 2.45) is 0 Å². The quantitative estimate of drug-likeness (QED) is 0.136.